The van der Waals surface area contributed by atoms with E-state index in [1.807, 2.05) is 6.92 Å². The van der Waals surface area contributed by atoms with Gasteiger partial charge in [-0.05, 0) is 19.4 Å². The molecule has 1 heterocycles. The lowest BCUT2D eigenvalue weighted by atomic mass is 10.1. The maximum Gasteiger partial charge on any atom is 0.255 e. The van der Waals surface area contributed by atoms with Crippen molar-refractivity contribution in [3.05, 3.63) is 23.6 Å². The van der Waals surface area contributed by atoms with Gasteiger partial charge in [0.25, 0.3) is 5.91 Å². The van der Waals surface area contributed by atoms with Crippen LogP contribution in [0.1, 0.15) is 43.5 Å². The third kappa shape index (κ3) is 3.98. The van der Waals surface area contributed by atoms with Crippen LogP contribution in [0, 0.1) is 5.82 Å². The van der Waals surface area contributed by atoms with Gasteiger partial charge in [0, 0.05) is 13.1 Å². The molecule has 0 saturated carbocycles. The molecule has 0 saturated heterocycles. The van der Waals surface area contributed by atoms with Crippen molar-refractivity contribution in [1.82, 2.24) is 10.3 Å². The van der Waals surface area contributed by atoms with Crippen LogP contribution in [0.2, 0.25) is 0 Å². The number of hydrogen-bond acceptors (Lipinski definition) is 3. The Morgan fingerprint density at radius 2 is 2.28 bits per heavy atom. The number of nitrogens with zero attached hydrogens (tertiary/aromatic N) is 1. The minimum absolute atomic E-state index is 0.0745. The molecule has 0 aliphatic carbocycles. The minimum atomic E-state index is -0.514. The van der Waals surface area contributed by atoms with Crippen molar-refractivity contribution in [1.29, 1.82) is 0 Å². The molecular formula is C13H20FN3O. The quantitative estimate of drug-likeness (QED) is 0.819. The molecule has 1 rings (SSSR count). The van der Waals surface area contributed by atoms with E-state index in [1.54, 1.807) is 7.05 Å². The number of carbonyl (C=O) groups excluding carboxylic acids is 1. The average molecular weight is 253 g/mol. The zero-order valence-electron chi connectivity index (χ0n) is 11.1. The number of carbonyl (C=O) groups is 1. The Balaban J connectivity index is 2.74. The Morgan fingerprint density at radius 1 is 1.56 bits per heavy atom. The molecule has 1 aromatic rings. The molecule has 1 atom stereocenters. The zero-order chi connectivity index (χ0) is 13.5. The number of amides is 1. The van der Waals surface area contributed by atoms with E-state index in [-0.39, 0.29) is 17.5 Å². The fourth-order valence-electron chi connectivity index (χ4n) is 1.70. The number of pyridine rings is 1. The van der Waals surface area contributed by atoms with Gasteiger partial charge in [0.1, 0.15) is 11.6 Å². The van der Waals surface area contributed by atoms with Crippen LogP contribution in [-0.4, -0.2) is 24.0 Å². The van der Waals surface area contributed by atoms with E-state index in [0.717, 1.165) is 25.5 Å². The summed E-state index contributed by atoms with van der Waals surface area (Å²) in [5.74, 6) is -0.424. The summed E-state index contributed by atoms with van der Waals surface area (Å²) in [6.45, 7) is 4.05. The van der Waals surface area contributed by atoms with E-state index in [9.17, 15) is 9.18 Å². The summed E-state index contributed by atoms with van der Waals surface area (Å²) in [5.41, 5.74) is 0.237. The summed E-state index contributed by atoms with van der Waals surface area (Å²) < 4.78 is 13.1. The highest BCUT2D eigenvalue weighted by Crippen LogP contribution is 2.13. The van der Waals surface area contributed by atoms with E-state index in [0.29, 0.717) is 5.82 Å². The number of nitrogens with one attached hydrogen (secondary N) is 2. The molecule has 0 fully saturated rings. The number of halogens is 1. The second-order valence-electron chi connectivity index (χ2n) is 4.32. The van der Waals surface area contributed by atoms with Gasteiger partial charge in [0.2, 0.25) is 0 Å². The van der Waals surface area contributed by atoms with Crippen molar-refractivity contribution in [2.75, 3.05) is 12.4 Å². The molecule has 1 amide bonds. The van der Waals surface area contributed by atoms with Crippen molar-refractivity contribution >= 4 is 11.7 Å². The van der Waals surface area contributed by atoms with Crippen molar-refractivity contribution in [2.24, 2.45) is 0 Å². The Bertz CT molecular complexity index is 409. The average Bonchev–Trinajstić information content (AvgIpc) is 2.36. The van der Waals surface area contributed by atoms with Gasteiger partial charge in [-0.3, -0.25) is 4.79 Å². The largest absolute Gasteiger partial charge is 0.372 e. The number of rotatable bonds is 6. The maximum absolute atomic E-state index is 13.1. The van der Waals surface area contributed by atoms with Gasteiger partial charge in [-0.1, -0.05) is 19.8 Å². The van der Waals surface area contributed by atoms with E-state index < -0.39 is 5.82 Å². The highest BCUT2D eigenvalue weighted by atomic mass is 19.1. The standard InChI is InChI=1S/C13H20FN3O/c1-4-5-6-9(2)17-13(18)11-7-10(14)8-16-12(11)15-3/h7-9H,4-6H2,1-3H3,(H,15,16)(H,17,18). The fourth-order valence-corrected chi connectivity index (χ4v) is 1.70. The van der Waals surface area contributed by atoms with Gasteiger partial charge in [0.15, 0.2) is 0 Å². The number of anilines is 1. The zero-order valence-corrected chi connectivity index (χ0v) is 11.1. The maximum atomic E-state index is 13.1. The Hall–Kier alpha value is -1.65. The predicted molar refractivity (Wildman–Crippen MR) is 70.2 cm³/mol. The summed E-state index contributed by atoms with van der Waals surface area (Å²) in [5, 5.41) is 5.63. The lowest BCUT2D eigenvalue weighted by molar-refractivity contribution is 0.0938. The van der Waals surface area contributed by atoms with E-state index in [4.69, 9.17) is 0 Å². The highest BCUT2D eigenvalue weighted by Gasteiger charge is 2.15. The summed E-state index contributed by atoms with van der Waals surface area (Å²) >= 11 is 0. The Labute approximate surface area is 107 Å². The third-order valence-electron chi connectivity index (χ3n) is 2.70. The van der Waals surface area contributed by atoms with Crippen molar-refractivity contribution in [3.8, 4) is 0 Å². The molecule has 100 valence electrons. The summed E-state index contributed by atoms with van der Waals surface area (Å²) in [4.78, 5) is 15.8. The molecule has 0 radical (unpaired) electrons. The molecule has 0 aromatic carbocycles. The summed E-state index contributed by atoms with van der Waals surface area (Å²) in [7, 11) is 1.65. The molecule has 0 aliphatic heterocycles. The molecule has 2 N–H and O–H groups in total. The number of unbranched alkanes of at least 4 members (excludes halogenated alkanes) is 1. The number of aromatic nitrogens is 1. The first-order valence-corrected chi connectivity index (χ1v) is 6.22. The van der Waals surface area contributed by atoms with Crippen LogP contribution in [0.15, 0.2) is 12.3 Å². The van der Waals surface area contributed by atoms with Crippen LogP contribution in [0.4, 0.5) is 10.2 Å². The van der Waals surface area contributed by atoms with E-state index in [1.165, 1.54) is 6.07 Å². The molecule has 0 bridgehead atoms. The van der Waals surface area contributed by atoms with Crippen molar-refractivity contribution in [3.63, 3.8) is 0 Å². The first kappa shape index (κ1) is 14.4. The molecule has 0 spiro atoms. The van der Waals surface area contributed by atoms with Gasteiger partial charge < -0.3 is 10.6 Å². The van der Waals surface area contributed by atoms with Crippen LogP contribution in [0.3, 0.4) is 0 Å². The second-order valence-corrected chi connectivity index (χ2v) is 4.32. The van der Waals surface area contributed by atoms with Crippen LogP contribution in [0.5, 0.6) is 0 Å². The van der Waals surface area contributed by atoms with Crippen molar-refractivity contribution in [2.45, 2.75) is 39.2 Å². The highest BCUT2D eigenvalue weighted by molar-refractivity contribution is 5.98. The Kier molecular flexibility index (Phi) is 5.55. The van der Waals surface area contributed by atoms with Gasteiger partial charge >= 0.3 is 0 Å². The van der Waals surface area contributed by atoms with E-state index >= 15 is 0 Å². The minimum Gasteiger partial charge on any atom is -0.372 e. The SMILES string of the molecule is CCCCC(C)NC(=O)c1cc(F)cnc1NC. The first-order valence-electron chi connectivity index (χ1n) is 6.22. The lowest BCUT2D eigenvalue weighted by Crippen LogP contribution is -2.33. The smallest absolute Gasteiger partial charge is 0.255 e. The summed E-state index contributed by atoms with van der Waals surface area (Å²) in [6, 6.07) is 1.27. The predicted octanol–water partition coefficient (Wildman–Crippen LogP) is 2.57. The number of hydrogen-bond donors (Lipinski definition) is 2. The fraction of sp³-hybridized carbons (Fsp3) is 0.538. The topological polar surface area (TPSA) is 54.0 Å². The molecular weight excluding hydrogens is 233 g/mol. The monoisotopic (exact) mass is 253 g/mol. The summed E-state index contributed by atoms with van der Waals surface area (Å²) in [6.07, 6.45) is 4.15. The first-order chi connectivity index (χ1) is 8.58. The molecule has 4 nitrogen and oxygen atoms in total. The van der Waals surface area contributed by atoms with Gasteiger partial charge in [-0.2, -0.15) is 0 Å². The lowest BCUT2D eigenvalue weighted by Gasteiger charge is -2.14. The molecule has 5 heteroatoms. The van der Waals surface area contributed by atoms with Crippen LogP contribution < -0.4 is 10.6 Å². The molecule has 0 aliphatic rings. The molecule has 1 aromatic heterocycles. The van der Waals surface area contributed by atoms with Crippen LogP contribution in [-0.2, 0) is 0 Å². The normalized spacial score (nSPS) is 12.0. The van der Waals surface area contributed by atoms with Gasteiger partial charge in [-0.25, -0.2) is 9.37 Å². The molecule has 18 heavy (non-hydrogen) atoms. The van der Waals surface area contributed by atoms with Gasteiger partial charge in [-0.15, -0.1) is 0 Å². The second kappa shape index (κ2) is 6.93. The van der Waals surface area contributed by atoms with Crippen LogP contribution in [0.25, 0.3) is 0 Å². The van der Waals surface area contributed by atoms with Crippen molar-refractivity contribution < 1.29 is 9.18 Å². The van der Waals surface area contributed by atoms with Gasteiger partial charge in [0.05, 0.1) is 11.8 Å². The Morgan fingerprint density at radius 3 is 2.89 bits per heavy atom. The molecule has 1 unspecified atom stereocenters. The van der Waals surface area contributed by atoms with E-state index in [2.05, 4.69) is 22.5 Å². The van der Waals surface area contributed by atoms with Crippen LogP contribution >= 0.6 is 0 Å². The third-order valence-corrected chi connectivity index (χ3v) is 2.70.